The number of hydrogen-bond acceptors (Lipinski definition) is 2. The topological polar surface area (TPSA) is 40.7 Å². The van der Waals surface area contributed by atoms with Crippen molar-refractivity contribution in [3.05, 3.63) is 59.4 Å². The fraction of sp³-hybridized carbons (Fsp3) is 0.286. The lowest BCUT2D eigenvalue weighted by Crippen LogP contribution is -2.18. The highest BCUT2D eigenvalue weighted by molar-refractivity contribution is 6.34. The second-order valence-electron chi connectivity index (χ2n) is 7.33. The molecule has 0 amide bonds. The maximum absolute atomic E-state index is 14.8. The van der Waals surface area contributed by atoms with Crippen LogP contribution in [0.25, 0.3) is 22.0 Å². The summed E-state index contributed by atoms with van der Waals surface area (Å²) in [6, 6.07) is 11.6. The SMILES string of the molecule is Fc1c(Cl)c(-c2ccccc2)cc2c(NCC3CC4C=CC3C4)n[nH]c12. The van der Waals surface area contributed by atoms with E-state index in [0.717, 1.165) is 23.4 Å². The molecule has 3 unspecified atom stereocenters. The summed E-state index contributed by atoms with van der Waals surface area (Å²) in [5.74, 6) is 2.28. The number of rotatable bonds is 4. The van der Waals surface area contributed by atoms with Crippen LogP contribution in [0.15, 0.2) is 48.6 Å². The standard InChI is InChI=1S/C21H19ClFN3/c22-18-16(13-4-2-1-3-5-13)10-17-20(19(18)23)25-26-21(17)24-11-15-9-12-6-7-14(15)8-12/h1-7,10,12,14-15H,8-9,11H2,(H2,24,25,26). The van der Waals surface area contributed by atoms with Crippen molar-refractivity contribution < 1.29 is 4.39 Å². The molecule has 2 N–H and O–H groups in total. The van der Waals surface area contributed by atoms with Crippen LogP contribution in [0.5, 0.6) is 0 Å². The van der Waals surface area contributed by atoms with Crippen LogP contribution < -0.4 is 5.32 Å². The first kappa shape index (κ1) is 15.9. The Morgan fingerprint density at radius 1 is 1.19 bits per heavy atom. The molecule has 2 aromatic carbocycles. The van der Waals surface area contributed by atoms with Crippen LogP contribution in [0, 0.1) is 23.6 Å². The van der Waals surface area contributed by atoms with E-state index in [4.69, 9.17) is 11.6 Å². The van der Waals surface area contributed by atoms with Gasteiger partial charge in [-0.25, -0.2) is 4.39 Å². The second-order valence-corrected chi connectivity index (χ2v) is 7.71. The van der Waals surface area contributed by atoms with Gasteiger partial charge in [-0.1, -0.05) is 54.1 Å². The molecule has 5 rings (SSSR count). The molecule has 1 fully saturated rings. The van der Waals surface area contributed by atoms with Gasteiger partial charge in [0.25, 0.3) is 0 Å². The lowest BCUT2D eigenvalue weighted by Gasteiger charge is -2.18. The number of allylic oxidation sites excluding steroid dienone is 2. The first-order valence-corrected chi connectivity index (χ1v) is 9.42. The summed E-state index contributed by atoms with van der Waals surface area (Å²) in [5, 5.41) is 11.4. The van der Waals surface area contributed by atoms with Gasteiger partial charge < -0.3 is 5.32 Å². The molecular formula is C21H19ClFN3. The molecule has 2 aliphatic carbocycles. The number of aromatic nitrogens is 2. The fourth-order valence-electron chi connectivity index (χ4n) is 4.41. The van der Waals surface area contributed by atoms with Crippen molar-refractivity contribution in [2.75, 3.05) is 11.9 Å². The molecule has 1 saturated carbocycles. The van der Waals surface area contributed by atoms with E-state index in [1.807, 2.05) is 36.4 Å². The average molecular weight is 368 g/mol. The minimum absolute atomic E-state index is 0.122. The zero-order valence-electron chi connectivity index (χ0n) is 14.2. The fourth-order valence-corrected chi connectivity index (χ4v) is 4.67. The number of H-pyrrole nitrogens is 1. The Labute approximate surface area is 156 Å². The Balaban J connectivity index is 1.49. The number of nitrogens with zero attached hydrogens (tertiary/aromatic N) is 1. The highest BCUT2D eigenvalue weighted by atomic mass is 35.5. The van der Waals surface area contributed by atoms with Gasteiger partial charge >= 0.3 is 0 Å². The molecule has 3 aromatic rings. The Kier molecular flexibility index (Phi) is 3.75. The maximum atomic E-state index is 14.8. The molecule has 3 nitrogen and oxygen atoms in total. The van der Waals surface area contributed by atoms with Gasteiger partial charge in [0, 0.05) is 17.5 Å². The predicted molar refractivity (Wildman–Crippen MR) is 104 cm³/mol. The van der Waals surface area contributed by atoms with Crippen molar-refractivity contribution in [2.24, 2.45) is 17.8 Å². The zero-order valence-corrected chi connectivity index (χ0v) is 14.9. The number of anilines is 1. The van der Waals surface area contributed by atoms with Gasteiger partial charge in [0.15, 0.2) is 11.6 Å². The largest absolute Gasteiger partial charge is 0.368 e. The molecule has 5 heteroatoms. The molecule has 1 heterocycles. The number of fused-ring (bicyclic) bond motifs is 3. The molecular weight excluding hydrogens is 349 g/mol. The Bertz CT molecular complexity index is 995. The van der Waals surface area contributed by atoms with Crippen molar-refractivity contribution in [2.45, 2.75) is 12.8 Å². The molecule has 2 bridgehead atoms. The minimum Gasteiger partial charge on any atom is -0.368 e. The van der Waals surface area contributed by atoms with Crippen LogP contribution in [0.2, 0.25) is 5.02 Å². The van der Waals surface area contributed by atoms with Gasteiger partial charge in [0.1, 0.15) is 5.52 Å². The number of halogens is 2. The van der Waals surface area contributed by atoms with E-state index in [9.17, 15) is 4.39 Å². The normalized spacial score (nSPS) is 23.8. The summed E-state index contributed by atoms with van der Waals surface area (Å²) < 4.78 is 14.8. The summed E-state index contributed by atoms with van der Waals surface area (Å²) in [5.41, 5.74) is 1.93. The first-order valence-electron chi connectivity index (χ1n) is 9.04. The smallest absolute Gasteiger partial charge is 0.168 e. The monoisotopic (exact) mass is 367 g/mol. The molecule has 2 aliphatic rings. The lowest BCUT2D eigenvalue weighted by atomic mass is 9.93. The third-order valence-corrected chi connectivity index (χ3v) is 6.14. The van der Waals surface area contributed by atoms with Crippen molar-refractivity contribution in [1.29, 1.82) is 0 Å². The Hall–Kier alpha value is -2.33. The van der Waals surface area contributed by atoms with E-state index >= 15 is 0 Å². The molecule has 0 aliphatic heterocycles. The third kappa shape index (κ3) is 2.52. The summed E-state index contributed by atoms with van der Waals surface area (Å²) in [4.78, 5) is 0. The van der Waals surface area contributed by atoms with Gasteiger partial charge in [0.2, 0.25) is 0 Å². The van der Waals surface area contributed by atoms with E-state index in [-0.39, 0.29) is 5.02 Å². The van der Waals surface area contributed by atoms with E-state index < -0.39 is 5.82 Å². The third-order valence-electron chi connectivity index (χ3n) is 5.77. The van der Waals surface area contributed by atoms with Crippen molar-refractivity contribution in [3.8, 4) is 11.1 Å². The number of benzene rings is 2. The van der Waals surface area contributed by atoms with E-state index in [0.29, 0.717) is 28.7 Å². The van der Waals surface area contributed by atoms with Gasteiger partial charge in [0.05, 0.1) is 5.02 Å². The van der Waals surface area contributed by atoms with Gasteiger partial charge in [-0.2, -0.15) is 5.10 Å². The van der Waals surface area contributed by atoms with Gasteiger partial charge in [-0.05, 0) is 42.2 Å². The second kappa shape index (κ2) is 6.13. The first-order chi connectivity index (χ1) is 12.7. The number of aromatic amines is 1. The average Bonchev–Trinajstić information content (AvgIpc) is 3.39. The summed E-state index contributed by atoms with van der Waals surface area (Å²) in [6.45, 7) is 0.858. The Morgan fingerprint density at radius 3 is 2.77 bits per heavy atom. The predicted octanol–water partition coefficient (Wildman–Crippen LogP) is 5.65. The molecule has 3 atom stereocenters. The molecule has 26 heavy (non-hydrogen) atoms. The minimum atomic E-state index is -0.452. The zero-order chi connectivity index (χ0) is 17.7. The summed E-state index contributed by atoms with van der Waals surface area (Å²) >= 11 is 6.29. The number of hydrogen-bond donors (Lipinski definition) is 2. The molecule has 0 spiro atoms. The quantitative estimate of drug-likeness (QED) is 0.585. The summed E-state index contributed by atoms with van der Waals surface area (Å²) in [6.07, 6.45) is 7.19. The van der Waals surface area contributed by atoms with Gasteiger partial charge in [-0.3, -0.25) is 5.10 Å². The molecule has 0 radical (unpaired) electrons. The van der Waals surface area contributed by atoms with Crippen LogP contribution in [0.1, 0.15) is 12.8 Å². The van der Waals surface area contributed by atoms with E-state index in [1.54, 1.807) is 0 Å². The lowest BCUT2D eigenvalue weighted by molar-refractivity contribution is 0.471. The Morgan fingerprint density at radius 2 is 2.04 bits per heavy atom. The summed E-state index contributed by atoms with van der Waals surface area (Å²) in [7, 11) is 0. The van der Waals surface area contributed by atoms with Crippen LogP contribution in [-0.2, 0) is 0 Å². The molecule has 1 aromatic heterocycles. The highest BCUT2D eigenvalue weighted by Crippen LogP contribution is 2.43. The van der Waals surface area contributed by atoms with Crippen LogP contribution in [0.4, 0.5) is 10.2 Å². The van der Waals surface area contributed by atoms with Crippen molar-refractivity contribution in [3.63, 3.8) is 0 Å². The highest BCUT2D eigenvalue weighted by Gasteiger charge is 2.35. The van der Waals surface area contributed by atoms with Crippen LogP contribution in [-0.4, -0.2) is 16.7 Å². The van der Waals surface area contributed by atoms with Crippen molar-refractivity contribution >= 4 is 28.3 Å². The van der Waals surface area contributed by atoms with Crippen LogP contribution in [0.3, 0.4) is 0 Å². The van der Waals surface area contributed by atoms with Crippen molar-refractivity contribution in [1.82, 2.24) is 10.2 Å². The van der Waals surface area contributed by atoms with E-state index in [2.05, 4.69) is 27.7 Å². The maximum Gasteiger partial charge on any atom is 0.168 e. The molecule has 0 saturated heterocycles. The van der Waals surface area contributed by atoms with E-state index in [1.165, 1.54) is 12.8 Å². The van der Waals surface area contributed by atoms with Gasteiger partial charge in [-0.15, -0.1) is 0 Å². The van der Waals surface area contributed by atoms with Crippen LogP contribution >= 0.6 is 11.6 Å². The number of nitrogens with one attached hydrogen (secondary N) is 2. The molecule has 132 valence electrons.